The van der Waals surface area contributed by atoms with Crippen molar-refractivity contribution in [1.29, 1.82) is 0 Å². The van der Waals surface area contributed by atoms with E-state index in [2.05, 4.69) is 34.5 Å². The van der Waals surface area contributed by atoms with Crippen LogP contribution in [0.15, 0.2) is 29.3 Å². The third-order valence-electron chi connectivity index (χ3n) is 4.20. The van der Waals surface area contributed by atoms with Gasteiger partial charge in [-0.1, -0.05) is 12.1 Å². The molecule has 1 fully saturated rings. The second kappa shape index (κ2) is 10.1. The number of nitrogens with zero attached hydrogens (tertiary/aromatic N) is 2. The molecule has 0 spiro atoms. The molecule has 4 nitrogen and oxygen atoms in total. The Balaban J connectivity index is 0.00000264. The molecule has 1 aromatic rings. The maximum absolute atomic E-state index is 13.1. The Kier molecular flexibility index (Phi) is 8.83. The van der Waals surface area contributed by atoms with E-state index in [1.165, 1.54) is 18.9 Å². The molecule has 1 unspecified atom stereocenters. The Morgan fingerprint density at radius 3 is 2.74 bits per heavy atom. The van der Waals surface area contributed by atoms with Gasteiger partial charge in [0.15, 0.2) is 5.96 Å². The van der Waals surface area contributed by atoms with Gasteiger partial charge in [0.2, 0.25) is 0 Å². The van der Waals surface area contributed by atoms with Crippen LogP contribution in [0.25, 0.3) is 0 Å². The van der Waals surface area contributed by atoms with Crippen molar-refractivity contribution >= 4 is 29.9 Å². The summed E-state index contributed by atoms with van der Waals surface area (Å²) in [5.74, 6) is 0.615. The average Bonchev–Trinajstić information content (AvgIpc) is 3.34. The smallest absolute Gasteiger partial charge is 0.191 e. The van der Waals surface area contributed by atoms with Gasteiger partial charge in [-0.2, -0.15) is 0 Å². The van der Waals surface area contributed by atoms with Crippen molar-refractivity contribution in [1.82, 2.24) is 15.5 Å². The van der Waals surface area contributed by atoms with Gasteiger partial charge in [-0.05, 0) is 50.9 Å². The summed E-state index contributed by atoms with van der Waals surface area (Å²) in [4.78, 5) is 6.65. The van der Waals surface area contributed by atoms with E-state index in [0.717, 1.165) is 37.1 Å². The fraction of sp³-hybridized carbons (Fsp3) is 0.588. The SMILES string of the molecule is CN=C(NCCc1cccc(F)c1)NCC(C)N(C)C1CC1.I. The molecule has 0 heterocycles. The largest absolute Gasteiger partial charge is 0.356 e. The highest BCUT2D eigenvalue weighted by atomic mass is 127. The highest BCUT2D eigenvalue weighted by Gasteiger charge is 2.28. The predicted octanol–water partition coefficient (Wildman–Crippen LogP) is 2.63. The van der Waals surface area contributed by atoms with E-state index in [-0.39, 0.29) is 29.8 Å². The Hall–Kier alpha value is -0.890. The maximum Gasteiger partial charge on any atom is 0.191 e. The van der Waals surface area contributed by atoms with Crippen LogP contribution in [-0.2, 0) is 6.42 Å². The minimum atomic E-state index is -0.183. The van der Waals surface area contributed by atoms with E-state index >= 15 is 0 Å². The van der Waals surface area contributed by atoms with Crippen molar-refractivity contribution in [2.75, 3.05) is 27.2 Å². The van der Waals surface area contributed by atoms with Gasteiger partial charge in [0.25, 0.3) is 0 Å². The quantitative estimate of drug-likeness (QED) is 0.394. The molecule has 1 aromatic carbocycles. The van der Waals surface area contributed by atoms with Crippen LogP contribution in [-0.4, -0.2) is 50.1 Å². The standard InChI is InChI=1S/C17H27FN4.HI/c1-13(22(3)16-7-8-16)12-21-17(19-2)20-10-9-14-5-4-6-15(18)11-14;/h4-6,11,13,16H,7-10,12H2,1-3H3,(H2,19,20,21);1H. The molecule has 0 aromatic heterocycles. The lowest BCUT2D eigenvalue weighted by Crippen LogP contribution is -2.45. The number of aliphatic imine (C=N–C) groups is 1. The van der Waals surface area contributed by atoms with Crippen LogP contribution < -0.4 is 10.6 Å². The minimum Gasteiger partial charge on any atom is -0.356 e. The molecule has 0 saturated heterocycles. The van der Waals surface area contributed by atoms with Crippen LogP contribution in [0.5, 0.6) is 0 Å². The minimum absolute atomic E-state index is 0. The van der Waals surface area contributed by atoms with Gasteiger partial charge in [-0.15, -0.1) is 24.0 Å². The molecule has 0 aliphatic heterocycles. The first kappa shape index (κ1) is 20.2. The van der Waals surface area contributed by atoms with Gasteiger partial charge in [0, 0.05) is 32.2 Å². The summed E-state index contributed by atoms with van der Waals surface area (Å²) < 4.78 is 13.1. The molecule has 2 rings (SSSR count). The Labute approximate surface area is 156 Å². The predicted molar refractivity (Wildman–Crippen MR) is 105 cm³/mol. The van der Waals surface area contributed by atoms with E-state index in [1.807, 2.05) is 6.07 Å². The first-order valence-corrected chi connectivity index (χ1v) is 8.01. The molecular formula is C17H28FIN4. The van der Waals surface area contributed by atoms with Crippen LogP contribution in [0, 0.1) is 5.82 Å². The zero-order chi connectivity index (χ0) is 15.9. The van der Waals surface area contributed by atoms with Gasteiger partial charge in [-0.3, -0.25) is 9.89 Å². The van der Waals surface area contributed by atoms with Crippen molar-refractivity contribution in [3.63, 3.8) is 0 Å². The van der Waals surface area contributed by atoms with Gasteiger partial charge in [-0.25, -0.2) is 4.39 Å². The van der Waals surface area contributed by atoms with Gasteiger partial charge >= 0.3 is 0 Å². The zero-order valence-corrected chi connectivity index (χ0v) is 16.5. The molecule has 0 bridgehead atoms. The second-order valence-corrected chi connectivity index (χ2v) is 6.01. The van der Waals surface area contributed by atoms with Crippen LogP contribution in [0.1, 0.15) is 25.3 Å². The number of rotatable bonds is 7. The van der Waals surface area contributed by atoms with E-state index in [0.29, 0.717) is 6.04 Å². The third kappa shape index (κ3) is 7.03. The van der Waals surface area contributed by atoms with E-state index in [4.69, 9.17) is 0 Å². The maximum atomic E-state index is 13.1. The first-order chi connectivity index (χ1) is 10.6. The van der Waals surface area contributed by atoms with Crippen LogP contribution in [0.4, 0.5) is 4.39 Å². The normalized spacial score (nSPS) is 16.0. The number of benzene rings is 1. The van der Waals surface area contributed by atoms with E-state index < -0.39 is 0 Å². The Morgan fingerprint density at radius 1 is 1.39 bits per heavy atom. The highest BCUT2D eigenvalue weighted by Crippen LogP contribution is 2.26. The van der Waals surface area contributed by atoms with Crippen molar-refractivity contribution in [2.45, 2.75) is 38.3 Å². The molecule has 1 atom stereocenters. The summed E-state index contributed by atoms with van der Waals surface area (Å²) in [6, 6.07) is 7.97. The highest BCUT2D eigenvalue weighted by molar-refractivity contribution is 14.0. The Bertz CT molecular complexity index is 505. The molecule has 1 aliphatic carbocycles. The number of hydrogen-bond donors (Lipinski definition) is 2. The van der Waals surface area contributed by atoms with Crippen LogP contribution >= 0.6 is 24.0 Å². The summed E-state index contributed by atoms with van der Waals surface area (Å²) in [6.45, 7) is 3.83. The summed E-state index contributed by atoms with van der Waals surface area (Å²) in [5, 5.41) is 6.63. The average molecular weight is 434 g/mol. The molecule has 1 aliphatic rings. The fourth-order valence-corrected chi connectivity index (χ4v) is 2.47. The summed E-state index contributed by atoms with van der Waals surface area (Å²) in [6.07, 6.45) is 3.42. The lowest BCUT2D eigenvalue weighted by Gasteiger charge is -2.25. The zero-order valence-electron chi connectivity index (χ0n) is 14.2. The number of hydrogen-bond acceptors (Lipinski definition) is 2. The molecule has 1 saturated carbocycles. The molecule has 2 N–H and O–H groups in total. The monoisotopic (exact) mass is 434 g/mol. The van der Waals surface area contributed by atoms with Gasteiger partial charge < -0.3 is 10.6 Å². The molecule has 0 amide bonds. The summed E-state index contributed by atoms with van der Waals surface area (Å²) in [7, 11) is 3.96. The van der Waals surface area contributed by atoms with Crippen molar-refractivity contribution < 1.29 is 4.39 Å². The number of halogens is 2. The van der Waals surface area contributed by atoms with E-state index in [9.17, 15) is 4.39 Å². The third-order valence-corrected chi connectivity index (χ3v) is 4.20. The van der Waals surface area contributed by atoms with Crippen molar-refractivity contribution in [3.8, 4) is 0 Å². The van der Waals surface area contributed by atoms with Crippen LogP contribution in [0.2, 0.25) is 0 Å². The summed E-state index contributed by atoms with van der Waals surface area (Å²) >= 11 is 0. The first-order valence-electron chi connectivity index (χ1n) is 8.01. The van der Waals surface area contributed by atoms with Crippen molar-refractivity contribution in [2.24, 2.45) is 4.99 Å². The number of likely N-dealkylation sites (N-methyl/N-ethyl adjacent to an activating group) is 1. The van der Waals surface area contributed by atoms with Gasteiger partial charge in [0.05, 0.1) is 0 Å². The number of nitrogens with one attached hydrogen (secondary N) is 2. The van der Waals surface area contributed by atoms with Crippen LogP contribution in [0.3, 0.4) is 0 Å². The van der Waals surface area contributed by atoms with Crippen molar-refractivity contribution in [3.05, 3.63) is 35.6 Å². The lowest BCUT2D eigenvalue weighted by atomic mass is 10.1. The molecular weight excluding hydrogens is 406 g/mol. The van der Waals surface area contributed by atoms with E-state index in [1.54, 1.807) is 19.2 Å². The second-order valence-electron chi connectivity index (χ2n) is 6.01. The number of guanidine groups is 1. The fourth-order valence-electron chi connectivity index (χ4n) is 2.47. The topological polar surface area (TPSA) is 39.7 Å². The summed E-state index contributed by atoms with van der Waals surface area (Å²) in [5.41, 5.74) is 0.991. The molecule has 23 heavy (non-hydrogen) atoms. The van der Waals surface area contributed by atoms with Gasteiger partial charge in [0.1, 0.15) is 5.82 Å². The molecule has 6 heteroatoms. The lowest BCUT2D eigenvalue weighted by molar-refractivity contribution is 0.247. The molecule has 130 valence electrons. The molecule has 0 radical (unpaired) electrons. The Morgan fingerprint density at radius 2 is 2.13 bits per heavy atom.